The summed E-state index contributed by atoms with van der Waals surface area (Å²) in [4.78, 5) is 30.5. The first kappa shape index (κ1) is 14.1. The lowest BCUT2D eigenvalue weighted by atomic mass is 10.2. The molecule has 2 aromatic heterocycles. The number of amides is 1. The number of aryl methyl sites for hydroxylation is 1. The summed E-state index contributed by atoms with van der Waals surface area (Å²) in [5, 5.41) is 20.2. The quantitative estimate of drug-likeness (QED) is 0.883. The average Bonchev–Trinajstić information content (AvgIpc) is 2.47. The van der Waals surface area contributed by atoms with Crippen LogP contribution in [0.4, 0.5) is 5.69 Å². The summed E-state index contributed by atoms with van der Waals surface area (Å²) < 4.78 is 0. The van der Waals surface area contributed by atoms with Gasteiger partial charge in [-0.2, -0.15) is 5.26 Å². The van der Waals surface area contributed by atoms with E-state index in [1.807, 2.05) is 6.07 Å². The molecule has 0 aromatic carbocycles. The van der Waals surface area contributed by atoms with Crippen LogP contribution >= 0.6 is 0 Å². The lowest BCUT2D eigenvalue weighted by Crippen LogP contribution is -2.15. The number of pyridine rings is 2. The Labute approximate surface area is 119 Å². The topological polar surface area (TPSA) is 116 Å². The number of nitrogens with one attached hydrogen (secondary N) is 1. The summed E-state index contributed by atoms with van der Waals surface area (Å²) in [6, 6.07) is 7.62. The van der Waals surface area contributed by atoms with Crippen LogP contribution in [0.1, 0.15) is 32.2 Å². The zero-order valence-corrected chi connectivity index (χ0v) is 11.0. The van der Waals surface area contributed by atoms with Gasteiger partial charge < -0.3 is 10.4 Å². The van der Waals surface area contributed by atoms with Crippen LogP contribution in [0, 0.1) is 18.3 Å². The molecule has 0 atom stereocenters. The van der Waals surface area contributed by atoms with Gasteiger partial charge in [0.2, 0.25) is 0 Å². The molecular formula is C14H10N4O3. The van der Waals surface area contributed by atoms with Gasteiger partial charge in [0.15, 0.2) is 0 Å². The van der Waals surface area contributed by atoms with Crippen LogP contribution in [0.5, 0.6) is 0 Å². The highest BCUT2D eigenvalue weighted by Crippen LogP contribution is 2.11. The maximum Gasteiger partial charge on any atom is 0.354 e. The molecule has 1 amide bonds. The zero-order chi connectivity index (χ0) is 15.4. The van der Waals surface area contributed by atoms with Crippen molar-refractivity contribution in [3.8, 4) is 6.07 Å². The van der Waals surface area contributed by atoms with E-state index in [1.54, 1.807) is 6.92 Å². The van der Waals surface area contributed by atoms with Crippen LogP contribution in [0.25, 0.3) is 0 Å². The minimum absolute atomic E-state index is 0.139. The third-order valence-electron chi connectivity index (χ3n) is 2.68. The van der Waals surface area contributed by atoms with Crippen LogP contribution < -0.4 is 5.32 Å². The Morgan fingerprint density at radius 3 is 2.67 bits per heavy atom. The number of aromatic nitrogens is 2. The van der Waals surface area contributed by atoms with Crippen molar-refractivity contribution in [3.05, 3.63) is 53.1 Å². The number of hydrogen-bond donors (Lipinski definition) is 2. The second-order valence-corrected chi connectivity index (χ2v) is 4.13. The molecule has 0 aliphatic rings. The largest absolute Gasteiger partial charge is 0.477 e. The Hall–Kier alpha value is -3.27. The summed E-state index contributed by atoms with van der Waals surface area (Å²) in [7, 11) is 0. The lowest BCUT2D eigenvalue weighted by Gasteiger charge is -2.06. The van der Waals surface area contributed by atoms with E-state index in [4.69, 9.17) is 10.4 Å². The zero-order valence-electron chi connectivity index (χ0n) is 11.0. The van der Waals surface area contributed by atoms with Crippen LogP contribution in [-0.2, 0) is 0 Å². The number of carbonyl (C=O) groups excluding carboxylic acids is 1. The van der Waals surface area contributed by atoms with Crippen LogP contribution in [0.2, 0.25) is 0 Å². The van der Waals surface area contributed by atoms with Crippen LogP contribution in [-0.4, -0.2) is 27.0 Å². The molecule has 0 aliphatic heterocycles. The van der Waals surface area contributed by atoms with Crippen molar-refractivity contribution in [1.29, 1.82) is 5.26 Å². The van der Waals surface area contributed by atoms with Gasteiger partial charge in [0.25, 0.3) is 5.91 Å². The minimum Gasteiger partial charge on any atom is -0.477 e. The van der Waals surface area contributed by atoms with Gasteiger partial charge in [-0.25, -0.2) is 14.8 Å². The highest BCUT2D eigenvalue weighted by molar-refractivity contribution is 6.03. The Bertz CT molecular complexity index is 765. The molecule has 21 heavy (non-hydrogen) atoms. The van der Waals surface area contributed by atoms with Gasteiger partial charge in [-0.3, -0.25) is 4.79 Å². The van der Waals surface area contributed by atoms with E-state index >= 15 is 0 Å². The first-order valence-corrected chi connectivity index (χ1v) is 5.89. The van der Waals surface area contributed by atoms with Gasteiger partial charge in [0.1, 0.15) is 17.5 Å². The van der Waals surface area contributed by atoms with Gasteiger partial charge in [-0.05, 0) is 31.2 Å². The Balaban J connectivity index is 2.22. The van der Waals surface area contributed by atoms with Crippen molar-refractivity contribution in [3.63, 3.8) is 0 Å². The summed E-state index contributed by atoms with van der Waals surface area (Å²) in [6.07, 6.45) is 1.29. The molecule has 2 rings (SSSR count). The second-order valence-electron chi connectivity index (χ2n) is 4.13. The van der Waals surface area contributed by atoms with Gasteiger partial charge in [0, 0.05) is 11.9 Å². The molecule has 0 spiro atoms. The predicted molar refractivity (Wildman–Crippen MR) is 72.8 cm³/mol. The Morgan fingerprint density at radius 2 is 2.05 bits per heavy atom. The maximum absolute atomic E-state index is 12.0. The van der Waals surface area contributed by atoms with E-state index in [9.17, 15) is 9.59 Å². The number of nitriles is 1. The predicted octanol–water partition coefficient (Wildman–Crippen LogP) is 1.61. The van der Waals surface area contributed by atoms with Crippen molar-refractivity contribution >= 4 is 17.6 Å². The molecule has 0 fully saturated rings. The fraction of sp³-hybridized carbons (Fsp3) is 0.0714. The van der Waals surface area contributed by atoms with E-state index in [0.717, 1.165) is 0 Å². The smallest absolute Gasteiger partial charge is 0.354 e. The van der Waals surface area contributed by atoms with Crippen molar-refractivity contribution in [2.45, 2.75) is 6.92 Å². The summed E-state index contributed by atoms with van der Waals surface area (Å²) in [5.74, 6) is -1.68. The number of carboxylic acids is 1. The molecule has 0 saturated heterocycles. The number of rotatable bonds is 3. The normalized spacial score (nSPS) is 9.71. The lowest BCUT2D eigenvalue weighted by molar-refractivity contribution is 0.0690. The van der Waals surface area contributed by atoms with E-state index in [0.29, 0.717) is 16.9 Å². The molecule has 7 heteroatoms. The number of aromatic carboxylic acids is 1. The molecule has 0 bridgehead atoms. The molecule has 7 nitrogen and oxygen atoms in total. The molecule has 2 heterocycles. The highest BCUT2D eigenvalue weighted by Gasteiger charge is 2.11. The Kier molecular flexibility index (Phi) is 3.90. The van der Waals surface area contributed by atoms with E-state index in [-0.39, 0.29) is 11.4 Å². The number of nitrogens with zero attached hydrogens (tertiary/aromatic N) is 3. The summed E-state index contributed by atoms with van der Waals surface area (Å²) in [5.41, 5.74) is 1.11. The van der Waals surface area contributed by atoms with Crippen molar-refractivity contribution in [2.75, 3.05) is 5.32 Å². The summed E-state index contributed by atoms with van der Waals surface area (Å²) >= 11 is 0. The fourth-order valence-electron chi connectivity index (χ4n) is 1.63. The van der Waals surface area contributed by atoms with Crippen molar-refractivity contribution < 1.29 is 14.7 Å². The van der Waals surface area contributed by atoms with E-state index < -0.39 is 11.9 Å². The third kappa shape index (κ3) is 3.19. The van der Waals surface area contributed by atoms with E-state index in [2.05, 4.69) is 15.3 Å². The Morgan fingerprint density at radius 1 is 1.29 bits per heavy atom. The molecule has 0 saturated carbocycles. The minimum atomic E-state index is -1.18. The maximum atomic E-state index is 12.0. The molecule has 2 aromatic rings. The van der Waals surface area contributed by atoms with E-state index in [1.165, 1.54) is 30.5 Å². The van der Waals surface area contributed by atoms with Gasteiger partial charge in [0.05, 0.1) is 11.3 Å². The monoisotopic (exact) mass is 282 g/mol. The first-order valence-electron chi connectivity index (χ1n) is 5.89. The SMILES string of the molecule is Cc1nc(C(=O)Nc2ccnc(C(=O)O)c2)ccc1C#N. The molecule has 0 unspecified atom stereocenters. The standard InChI is InChI=1S/C14H10N4O3/c1-8-9(7-15)2-3-11(17-8)13(19)18-10-4-5-16-12(6-10)14(20)21/h2-6H,1H3,(H,20,21)(H,16,18,19). The fourth-order valence-corrected chi connectivity index (χ4v) is 1.63. The summed E-state index contributed by atoms with van der Waals surface area (Å²) in [6.45, 7) is 1.63. The number of carbonyl (C=O) groups is 2. The van der Waals surface area contributed by atoms with Gasteiger partial charge in [-0.1, -0.05) is 0 Å². The molecule has 2 N–H and O–H groups in total. The number of anilines is 1. The number of carboxylic acid groups (broad SMARTS) is 1. The molecule has 104 valence electrons. The number of hydrogen-bond acceptors (Lipinski definition) is 5. The van der Waals surface area contributed by atoms with Crippen molar-refractivity contribution in [2.24, 2.45) is 0 Å². The van der Waals surface area contributed by atoms with Crippen LogP contribution in [0.15, 0.2) is 30.5 Å². The highest BCUT2D eigenvalue weighted by atomic mass is 16.4. The van der Waals surface area contributed by atoms with Gasteiger partial charge >= 0.3 is 5.97 Å². The molecule has 0 aliphatic carbocycles. The van der Waals surface area contributed by atoms with Crippen molar-refractivity contribution in [1.82, 2.24) is 9.97 Å². The van der Waals surface area contributed by atoms with Gasteiger partial charge in [-0.15, -0.1) is 0 Å². The molecular weight excluding hydrogens is 272 g/mol. The average molecular weight is 282 g/mol. The third-order valence-corrected chi connectivity index (χ3v) is 2.68. The second kappa shape index (κ2) is 5.79. The first-order chi connectivity index (χ1) is 10.0. The van der Waals surface area contributed by atoms with Crippen LogP contribution in [0.3, 0.4) is 0 Å². The molecule has 0 radical (unpaired) electrons.